The highest BCUT2D eigenvalue weighted by Crippen LogP contribution is 2.25. The molecule has 0 bridgehead atoms. The average molecular weight is 331 g/mol. The highest BCUT2D eigenvalue weighted by Gasteiger charge is 2.29. The van der Waals surface area contributed by atoms with Gasteiger partial charge < -0.3 is 4.90 Å². The molecule has 0 radical (unpaired) electrons. The molecule has 128 valence electrons. The Hall–Kier alpha value is -2.24. The molecule has 0 unspecified atom stereocenters. The molecule has 6 heteroatoms. The summed E-state index contributed by atoms with van der Waals surface area (Å²) in [5.74, 6) is -0.722. The molecule has 24 heavy (non-hydrogen) atoms. The van der Waals surface area contributed by atoms with Crippen molar-refractivity contribution in [2.45, 2.75) is 58.2 Å². The van der Waals surface area contributed by atoms with Gasteiger partial charge >= 0.3 is 0 Å². The van der Waals surface area contributed by atoms with Crippen LogP contribution in [0, 0.1) is 5.82 Å². The van der Waals surface area contributed by atoms with Gasteiger partial charge in [0.15, 0.2) is 0 Å². The third-order valence-corrected chi connectivity index (χ3v) is 4.67. The van der Waals surface area contributed by atoms with Crippen LogP contribution in [0.5, 0.6) is 0 Å². The van der Waals surface area contributed by atoms with Crippen LogP contribution in [0.25, 0.3) is 10.9 Å². The van der Waals surface area contributed by atoms with E-state index in [0.29, 0.717) is 5.52 Å². The monoisotopic (exact) mass is 331 g/mol. The first kappa shape index (κ1) is 16.6. The van der Waals surface area contributed by atoms with Crippen molar-refractivity contribution in [1.82, 2.24) is 14.5 Å². The topological polar surface area (TPSA) is 55.2 Å². The van der Waals surface area contributed by atoms with Crippen LogP contribution >= 0.6 is 0 Å². The summed E-state index contributed by atoms with van der Waals surface area (Å²) in [6, 6.07) is 4.64. The van der Waals surface area contributed by atoms with Crippen LogP contribution in [0.4, 0.5) is 4.39 Å². The summed E-state index contributed by atoms with van der Waals surface area (Å²) in [5, 5.41) is -0.0650. The summed E-state index contributed by atoms with van der Waals surface area (Å²) in [7, 11) is 0. The van der Waals surface area contributed by atoms with Gasteiger partial charge in [0.25, 0.3) is 5.56 Å². The van der Waals surface area contributed by atoms with Crippen molar-refractivity contribution in [3.05, 3.63) is 40.7 Å². The maximum atomic E-state index is 13.9. The summed E-state index contributed by atoms with van der Waals surface area (Å²) < 4.78 is 15.2. The van der Waals surface area contributed by atoms with Gasteiger partial charge in [-0.3, -0.25) is 14.2 Å². The molecule has 1 aliphatic carbocycles. The van der Waals surface area contributed by atoms with E-state index in [0.717, 1.165) is 25.7 Å². The van der Waals surface area contributed by atoms with Gasteiger partial charge in [-0.05, 0) is 38.8 Å². The molecule has 1 saturated carbocycles. The third kappa shape index (κ3) is 3.05. The Morgan fingerprint density at radius 1 is 1.38 bits per heavy atom. The number of carbonyl (C=O) groups excluding carboxylic acids is 1. The Morgan fingerprint density at radius 3 is 2.75 bits per heavy atom. The van der Waals surface area contributed by atoms with Crippen molar-refractivity contribution in [2.24, 2.45) is 0 Å². The predicted octanol–water partition coefficient (Wildman–Crippen LogP) is 2.72. The fourth-order valence-electron chi connectivity index (χ4n) is 3.60. The van der Waals surface area contributed by atoms with E-state index < -0.39 is 11.4 Å². The molecular formula is C18H22FN3O2. The minimum Gasteiger partial charge on any atom is -0.336 e. The highest BCUT2D eigenvalue weighted by atomic mass is 19.1. The number of rotatable bonds is 4. The van der Waals surface area contributed by atoms with Gasteiger partial charge in [0, 0.05) is 12.1 Å². The SMILES string of the molecule is CC(C)N(C(=O)Cn1cnc2cccc(F)c2c1=O)C1CCCC1. The summed E-state index contributed by atoms with van der Waals surface area (Å²) >= 11 is 0. The lowest BCUT2D eigenvalue weighted by atomic mass is 10.1. The third-order valence-electron chi connectivity index (χ3n) is 4.67. The first-order valence-corrected chi connectivity index (χ1v) is 8.44. The van der Waals surface area contributed by atoms with Crippen LogP contribution in [0.3, 0.4) is 0 Å². The second-order valence-electron chi connectivity index (χ2n) is 6.64. The van der Waals surface area contributed by atoms with Crippen LogP contribution in [0.15, 0.2) is 29.3 Å². The Balaban J connectivity index is 1.91. The van der Waals surface area contributed by atoms with Crippen molar-refractivity contribution < 1.29 is 9.18 Å². The van der Waals surface area contributed by atoms with E-state index in [-0.39, 0.29) is 29.9 Å². The molecule has 0 saturated heterocycles. The van der Waals surface area contributed by atoms with Crippen molar-refractivity contribution in [2.75, 3.05) is 0 Å². The van der Waals surface area contributed by atoms with Crippen LogP contribution in [0.2, 0.25) is 0 Å². The molecule has 1 aliphatic rings. The second-order valence-corrected chi connectivity index (χ2v) is 6.64. The summed E-state index contributed by atoms with van der Waals surface area (Å²) in [4.78, 5) is 31.2. The smallest absolute Gasteiger partial charge is 0.264 e. The van der Waals surface area contributed by atoms with Gasteiger partial charge in [-0.25, -0.2) is 9.37 Å². The summed E-state index contributed by atoms with van der Waals surface area (Å²) in [5.41, 5.74) is -0.207. The number of hydrogen-bond donors (Lipinski definition) is 0. The molecule has 1 aromatic carbocycles. The van der Waals surface area contributed by atoms with E-state index in [2.05, 4.69) is 4.98 Å². The molecule has 0 atom stereocenters. The van der Waals surface area contributed by atoms with E-state index in [1.54, 1.807) is 6.07 Å². The van der Waals surface area contributed by atoms with E-state index in [1.807, 2.05) is 18.7 Å². The Bertz CT molecular complexity index is 810. The van der Waals surface area contributed by atoms with Crippen molar-refractivity contribution in [1.29, 1.82) is 0 Å². The standard InChI is InChI=1S/C18H22FN3O2/c1-12(2)22(13-6-3-4-7-13)16(23)10-21-11-20-15-9-5-8-14(19)17(15)18(21)24/h5,8-9,11-13H,3-4,6-7,10H2,1-2H3. The zero-order valence-corrected chi connectivity index (χ0v) is 14.0. The van der Waals surface area contributed by atoms with Gasteiger partial charge in [0.2, 0.25) is 5.91 Å². The summed E-state index contributed by atoms with van der Waals surface area (Å²) in [6.45, 7) is 3.86. The molecule has 0 spiro atoms. The maximum absolute atomic E-state index is 13.9. The number of aromatic nitrogens is 2. The van der Waals surface area contributed by atoms with Gasteiger partial charge in [0.05, 0.1) is 11.8 Å². The Labute approximate surface area is 140 Å². The normalized spacial score (nSPS) is 15.3. The number of fused-ring (bicyclic) bond motifs is 1. The molecule has 1 fully saturated rings. The average Bonchev–Trinajstić information content (AvgIpc) is 3.04. The van der Waals surface area contributed by atoms with E-state index in [4.69, 9.17) is 0 Å². The maximum Gasteiger partial charge on any atom is 0.264 e. The quantitative estimate of drug-likeness (QED) is 0.865. The molecule has 5 nitrogen and oxygen atoms in total. The van der Waals surface area contributed by atoms with Crippen molar-refractivity contribution in [3.63, 3.8) is 0 Å². The first-order valence-electron chi connectivity index (χ1n) is 8.44. The molecule has 0 aliphatic heterocycles. The van der Waals surface area contributed by atoms with E-state index in [1.165, 1.54) is 23.0 Å². The highest BCUT2D eigenvalue weighted by molar-refractivity contribution is 5.79. The van der Waals surface area contributed by atoms with Gasteiger partial charge in [-0.1, -0.05) is 18.9 Å². The minimum absolute atomic E-state index is 0.0650. The predicted molar refractivity (Wildman–Crippen MR) is 90.2 cm³/mol. The minimum atomic E-state index is -0.608. The number of carbonyl (C=O) groups is 1. The summed E-state index contributed by atoms with van der Waals surface area (Å²) in [6.07, 6.45) is 5.59. The molecule has 1 amide bonds. The van der Waals surface area contributed by atoms with Crippen molar-refractivity contribution in [3.8, 4) is 0 Å². The number of hydrogen-bond acceptors (Lipinski definition) is 3. The Morgan fingerprint density at radius 2 is 2.08 bits per heavy atom. The number of halogens is 1. The lowest BCUT2D eigenvalue weighted by Gasteiger charge is -2.33. The fraction of sp³-hybridized carbons (Fsp3) is 0.500. The van der Waals surface area contributed by atoms with Crippen LogP contribution in [-0.4, -0.2) is 32.4 Å². The molecule has 0 N–H and O–H groups in total. The molecule has 3 rings (SSSR count). The number of benzene rings is 1. The van der Waals surface area contributed by atoms with Crippen LogP contribution in [0.1, 0.15) is 39.5 Å². The molecular weight excluding hydrogens is 309 g/mol. The van der Waals surface area contributed by atoms with Gasteiger partial charge in [-0.15, -0.1) is 0 Å². The Kier molecular flexibility index (Phi) is 4.64. The lowest BCUT2D eigenvalue weighted by molar-refractivity contribution is -0.136. The van der Waals surface area contributed by atoms with Crippen LogP contribution < -0.4 is 5.56 Å². The van der Waals surface area contributed by atoms with Crippen molar-refractivity contribution >= 4 is 16.8 Å². The zero-order chi connectivity index (χ0) is 17.3. The molecule has 1 aromatic heterocycles. The van der Waals surface area contributed by atoms with Crippen LogP contribution in [-0.2, 0) is 11.3 Å². The van der Waals surface area contributed by atoms with Gasteiger partial charge in [0.1, 0.15) is 17.7 Å². The number of nitrogens with zero attached hydrogens (tertiary/aromatic N) is 3. The second kappa shape index (κ2) is 6.71. The van der Waals surface area contributed by atoms with Gasteiger partial charge in [-0.2, -0.15) is 0 Å². The van der Waals surface area contributed by atoms with E-state index in [9.17, 15) is 14.0 Å². The number of amides is 1. The fourth-order valence-corrected chi connectivity index (χ4v) is 3.60. The zero-order valence-electron chi connectivity index (χ0n) is 14.0. The molecule has 1 heterocycles. The van der Waals surface area contributed by atoms with E-state index >= 15 is 0 Å². The first-order chi connectivity index (χ1) is 11.5. The lowest BCUT2D eigenvalue weighted by Crippen LogP contribution is -2.46. The molecule has 2 aromatic rings. The largest absolute Gasteiger partial charge is 0.336 e.